The lowest BCUT2D eigenvalue weighted by atomic mass is 9.88. The first-order valence-electron chi connectivity index (χ1n) is 8.09. The van der Waals surface area contributed by atoms with Crippen molar-refractivity contribution in [3.8, 4) is 0 Å². The first-order valence-corrected chi connectivity index (χ1v) is 8.91. The van der Waals surface area contributed by atoms with E-state index in [1.807, 2.05) is 4.90 Å². The van der Waals surface area contributed by atoms with Crippen LogP contribution in [-0.4, -0.2) is 47.6 Å². The minimum atomic E-state index is -0.727. The maximum Gasteiger partial charge on any atom is 0.242 e. The van der Waals surface area contributed by atoms with E-state index in [-0.39, 0.29) is 5.91 Å². The van der Waals surface area contributed by atoms with E-state index in [4.69, 9.17) is 10.5 Å². The van der Waals surface area contributed by atoms with Crippen LogP contribution in [0.5, 0.6) is 0 Å². The van der Waals surface area contributed by atoms with Crippen molar-refractivity contribution < 1.29 is 9.53 Å². The number of aromatic nitrogens is 1. The van der Waals surface area contributed by atoms with Gasteiger partial charge in [0.2, 0.25) is 5.91 Å². The Kier molecular flexibility index (Phi) is 4.52. The number of piperidine rings is 1. The lowest BCUT2D eigenvalue weighted by molar-refractivity contribution is -0.141. The molecule has 1 aromatic rings. The van der Waals surface area contributed by atoms with Gasteiger partial charge < -0.3 is 15.4 Å². The standard InChI is InChI=1S/C16H25N3O2S/c1-11-12(2)22-14(18-11)13-4-3-7-19(10-13)15(20)16(17)5-8-21-9-6-16/h13H,3-10,17H2,1-2H3. The predicted octanol–water partition coefficient (Wildman–Crippen LogP) is 1.97. The van der Waals surface area contributed by atoms with E-state index in [1.165, 1.54) is 9.88 Å². The molecule has 1 amide bonds. The van der Waals surface area contributed by atoms with Gasteiger partial charge >= 0.3 is 0 Å². The number of carbonyl (C=O) groups excluding carboxylic acids is 1. The van der Waals surface area contributed by atoms with Gasteiger partial charge in [-0.05, 0) is 39.5 Å². The number of thiazole rings is 1. The fourth-order valence-electron chi connectivity index (χ4n) is 3.30. The van der Waals surface area contributed by atoms with Gasteiger partial charge in [0.05, 0.1) is 16.2 Å². The number of hydrogen-bond donors (Lipinski definition) is 1. The van der Waals surface area contributed by atoms with E-state index in [2.05, 4.69) is 18.8 Å². The molecule has 122 valence electrons. The zero-order valence-electron chi connectivity index (χ0n) is 13.4. The van der Waals surface area contributed by atoms with E-state index >= 15 is 0 Å². The molecule has 0 spiro atoms. The third-order valence-corrected chi connectivity index (χ3v) is 6.15. The van der Waals surface area contributed by atoms with E-state index in [1.54, 1.807) is 11.3 Å². The van der Waals surface area contributed by atoms with Gasteiger partial charge in [0.25, 0.3) is 0 Å². The molecular formula is C16H25N3O2S. The summed E-state index contributed by atoms with van der Waals surface area (Å²) in [5.74, 6) is 0.462. The Morgan fingerprint density at radius 3 is 2.77 bits per heavy atom. The summed E-state index contributed by atoms with van der Waals surface area (Å²) in [4.78, 5) is 20.8. The van der Waals surface area contributed by atoms with Gasteiger partial charge in [-0.25, -0.2) is 4.98 Å². The van der Waals surface area contributed by atoms with Crippen LogP contribution >= 0.6 is 11.3 Å². The topological polar surface area (TPSA) is 68.5 Å². The number of carbonyl (C=O) groups is 1. The van der Waals surface area contributed by atoms with Crippen LogP contribution < -0.4 is 5.73 Å². The number of nitrogens with zero attached hydrogens (tertiary/aromatic N) is 2. The highest BCUT2D eigenvalue weighted by atomic mass is 32.1. The van der Waals surface area contributed by atoms with Crippen LogP contribution in [0.4, 0.5) is 0 Å². The number of aryl methyl sites for hydroxylation is 2. The number of hydrogen-bond acceptors (Lipinski definition) is 5. The van der Waals surface area contributed by atoms with Crippen LogP contribution in [0.1, 0.15) is 47.2 Å². The molecule has 0 bridgehead atoms. The first kappa shape index (κ1) is 15.9. The second-order valence-electron chi connectivity index (χ2n) is 6.55. The molecule has 2 aliphatic rings. The Balaban J connectivity index is 1.71. The molecule has 2 saturated heterocycles. The van der Waals surface area contributed by atoms with Crippen LogP contribution in [0.3, 0.4) is 0 Å². The maximum atomic E-state index is 12.9. The lowest BCUT2D eigenvalue weighted by Crippen LogP contribution is -2.59. The molecule has 1 aromatic heterocycles. The first-order chi connectivity index (χ1) is 10.5. The quantitative estimate of drug-likeness (QED) is 0.903. The lowest BCUT2D eigenvalue weighted by Gasteiger charge is -2.40. The van der Waals surface area contributed by atoms with Gasteiger partial charge in [0.15, 0.2) is 0 Å². The molecular weight excluding hydrogens is 298 g/mol. The molecule has 1 unspecified atom stereocenters. The largest absolute Gasteiger partial charge is 0.381 e. The number of likely N-dealkylation sites (tertiary alicyclic amines) is 1. The average Bonchev–Trinajstić information content (AvgIpc) is 2.87. The molecule has 2 fully saturated rings. The van der Waals surface area contributed by atoms with E-state index in [0.717, 1.165) is 31.6 Å². The van der Waals surface area contributed by atoms with Crippen LogP contribution in [0.15, 0.2) is 0 Å². The molecule has 0 saturated carbocycles. The molecule has 22 heavy (non-hydrogen) atoms. The number of rotatable bonds is 2. The van der Waals surface area contributed by atoms with Crippen LogP contribution in [-0.2, 0) is 9.53 Å². The summed E-state index contributed by atoms with van der Waals surface area (Å²) in [6.07, 6.45) is 3.39. The number of amides is 1. The molecule has 3 rings (SSSR count). The fraction of sp³-hybridized carbons (Fsp3) is 0.750. The van der Waals surface area contributed by atoms with Crippen molar-refractivity contribution in [2.24, 2.45) is 5.73 Å². The van der Waals surface area contributed by atoms with Crippen LogP contribution in [0, 0.1) is 13.8 Å². The van der Waals surface area contributed by atoms with E-state index in [9.17, 15) is 4.79 Å². The monoisotopic (exact) mass is 323 g/mol. The van der Waals surface area contributed by atoms with Gasteiger partial charge in [-0.15, -0.1) is 11.3 Å². The Morgan fingerprint density at radius 1 is 1.41 bits per heavy atom. The van der Waals surface area contributed by atoms with Crippen molar-refractivity contribution in [1.29, 1.82) is 0 Å². The molecule has 2 N–H and O–H groups in total. The van der Waals surface area contributed by atoms with Crippen molar-refractivity contribution >= 4 is 17.2 Å². The van der Waals surface area contributed by atoms with Crippen molar-refractivity contribution in [1.82, 2.24) is 9.88 Å². The van der Waals surface area contributed by atoms with E-state index < -0.39 is 5.54 Å². The summed E-state index contributed by atoms with van der Waals surface area (Å²) in [6.45, 7) is 6.91. The minimum absolute atomic E-state index is 0.102. The van der Waals surface area contributed by atoms with Crippen molar-refractivity contribution in [2.45, 2.75) is 51.0 Å². The van der Waals surface area contributed by atoms with Gasteiger partial charge in [0, 0.05) is 37.1 Å². The van der Waals surface area contributed by atoms with Crippen molar-refractivity contribution in [2.75, 3.05) is 26.3 Å². The second-order valence-corrected chi connectivity index (χ2v) is 7.79. The summed E-state index contributed by atoms with van der Waals surface area (Å²) >= 11 is 1.77. The SMILES string of the molecule is Cc1nc(C2CCCN(C(=O)C3(N)CCOCC3)C2)sc1C. The van der Waals surface area contributed by atoms with Gasteiger partial charge in [-0.2, -0.15) is 0 Å². The smallest absolute Gasteiger partial charge is 0.242 e. The van der Waals surface area contributed by atoms with Gasteiger partial charge in [-0.3, -0.25) is 4.79 Å². The molecule has 0 aromatic carbocycles. The Morgan fingerprint density at radius 2 is 2.14 bits per heavy atom. The fourth-order valence-corrected chi connectivity index (χ4v) is 4.35. The molecule has 6 heteroatoms. The zero-order valence-corrected chi connectivity index (χ0v) is 14.2. The summed E-state index contributed by atoms with van der Waals surface area (Å²) in [7, 11) is 0. The minimum Gasteiger partial charge on any atom is -0.381 e. The normalized spacial score (nSPS) is 25.2. The summed E-state index contributed by atoms with van der Waals surface area (Å²) < 4.78 is 5.35. The molecule has 5 nitrogen and oxygen atoms in total. The zero-order chi connectivity index (χ0) is 15.7. The highest BCUT2D eigenvalue weighted by Gasteiger charge is 2.40. The molecule has 0 radical (unpaired) electrons. The molecule has 0 aliphatic carbocycles. The van der Waals surface area contributed by atoms with E-state index in [0.29, 0.717) is 32.0 Å². The average molecular weight is 323 g/mol. The Bertz CT molecular complexity index is 532. The molecule has 1 atom stereocenters. The highest BCUT2D eigenvalue weighted by Crippen LogP contribution is 2.32. The number of nitrogens with two attached hydrogens (primary N) is 1. The van der Waals surface area contributed by atoms with Crippen molar-refractivity contribution in [3.63, 3.8) is 0 Å². The number of ether oxygens (including phenoxy) is 1. The van der Waals surface area contributed by atoms with Gasteiger partial charge in [0.1, 0.15) is 0 Å². The van der Waals surface area contributed by atoms with Crippen LogP contribution in [0.25, 0.3) is 0 Å². The third-order valence-electron chi connectivity index (χ3n) is 4.91. The highest BCUT2D eigenvalue weighted by molar-refractivity contribution is 7.11. The predicted molar refractivity (Wildman–Crippen MR) is 87.1 cm³/mol. The van der Waals surface area contributed by atoms with Crippen LogP contribution in [0.2, 0.25) is 0 Å². The molecule has 2 aliphatic heterocycles. The summed E-state index contributed by atoms with van der Waals surface area (Å²) in [5, 5.41) is 1.17. The Hall–Kier alpha value is -0.980. The summed E-state index contributed by atoms with van der Waals surface area (Å²) in [6, 6.07) is 0. The maximum absolute atomic E-state index is 12.9. The molecule has 3 heterocycles. The van der Waals surface area contributed by atoms with Gasteiger partial charge in [-0.1, -0.05) is 0 Å². The summed E-state index contributed by atoms with van der Waals surface area (Å²) in [5.41, 5.74) is 6.75. The van der Waals surface area contributed by atoms with Crippen molar-refractivity contribution in [3.05, 3.63) is 15.6 Å². The third kappa shape index (κ3) is 3.05. The Labute approximate surface area is 135 Å². The second kappa shape index (κ2) is 6.26.